The van der Waals surface area contributed by atoms with Crippen LogP contribution in [0.4, 0.5) is 0 Å². The molecule has 164 valence electrons. The molecule has 0 aliphatic carbocycles. The molecule has 1 spiro atoms. The van der Waals surface area contributed by atoms with Crippen molar-refractivity contribution in [2.45, 2.75) is 91.3 Å². The van der Waals surface area contributed by atoms with Crippen LogP contribution in [0.5, 0.6) is 0 Å². The van der Waals surface area contributed by atoms with Crippen LogP contribution in [0.15, 0.2) is 0 Å². The van der Waals surface area contributed by atoms with E-state index in [9.17, 15) is 8.42 Å². The summed E-state index contributed by atoms with van der Waals surface area (Å²) >= 11 is 0. The van der Waals surface area contributed by atoms with E-state index in [1.807, 2.05) is 18.2 Å². The minimum absolute atomic E-state index is 0.177. The first kappa shape index (κ1) is 22.5. The van der Waals surface area contributed by atoms with Crippen molar-refractivity contribution in [3.05, 3.63) is 0 Å². The molecule has 0 amide bonds. The van der Waals surface area contributed by atoms with Crippen LogP contribution >= 0.6 is 0 Å². The normalized spacial score (nSPS) is 28.0. The van der Waals surface area contributed by atoms with E-state index in [1.54, 1.807) is 0 Å². The summed E-state index contributed by atoms with van der Waals surface area (Å²) in [6.45, 7) is 18.3. The fourth-order valence-corrected chi connectivity index (χ4v) is 8.34. The van der Waals surface area contributed by atoms with Crippen molar-refractivity contribution < 1.29 is 8.42 Å². The molecule has 0 bridgehead atoms. The van der Waals surface area contributed by atoms with Gasteiger partial charge in [0.1, 0.15) is 0 Å². The van der Waals surface area contributed by atoms with Crippen molar-refractivity contribution in [1.82, 2.24) is 14.1 Å². The number of hydrogen-bond donors (Lipinski definition) is 0. The summed E-state index contributed by atoms with van der Waals surface area (Å²) in [5, 5.41) is 0. The van der Waals surface area contributed by atoms with Crippen molar-refractivity contribution in [2.75, 3.05) is 38.5 Å². The Hall–Kier alpha value is -0.170. The van der Waals surface area contributed by atoms with Gasteiger partial charge in [-0.25, -0.2) is 8.42 Å². The molecular formula is C22H43N3O2S. The molecule has 3 heterocycles. The van der Waals surface area contributed by atoms with Gasteiger partial charge in [-0.2, -0.15) is 4.31 Å². The van der Waals surface area contributed by atoms with Gasteiger partial charge in [-0.05, 0) is 97.3 Å². The molecule has 0 aromatic rings. The number of piperidine rings is 2. The summed E-state index contributed by atoms with van der Waals surface area (Å²) in [6.07, 6.45) is 5.87. The first-order valence-electron chi connectivity index (χ1n) is 11.4. The molecule has 6 heteroatoms. The highest BCUT2D eigenvalue weighted by Gasteiger charge is 2.53. The number of rotatable bonds is 5. The molecule has 0 N–H and O–H groups in total. The first-order valence-corrected chi connectivity index (χ1v) is 13.0. The summed E-state index contributed by atoms with van der Waals surface area (Å²) in [5.74, 6) is 0.448. The third kappa shape index (κ3) is 4.76. The van der Waals surface area contributed by atoms with Gasteiger partial charge in [-0.1, -0.05) is 13.8 Å². The number of hydrogen-bond acceptors (Lipinski definition) is 4. The molecule has 3 saturated heterocycles. The van der Waals surface area contributed by atoms with Crippen LogP contribution in [0.3, 0.4) is 0 Å². The summed E-state index contributed by atoms with van der Waals surface area (Å²) in [5.41, 5.74) is -0.0683. The standard InChI is InChI=1S/C22H43N3O2S/c1-18(2)15-28(26,27)25-17-22(16-21(25,5)6)9-13-24(14-10-22)20-7-11-23(12-8-20)19(3)4/h18-20H,7-17H2,1-6H3. The van der Waals surface area contributed by atoms with E-state index in [0.717, 1.165) is 44.9 Å². The predicted molar refractivity (Wildman–Crippen MR) is 117 cm³/mol. The van der Waals surface area contributed by atoms with E-state index >= 15 is 0 Å². The van der Waals surface area contributed by atoms with Crippen LogP contribution < -0.4 is 0 Å². The molecule has 0 aromatic carbocycles. The van der Waals surface area contributed by atoms with Crippen LogP contribution in [-0.2, 0) is 10.0 Å². The molecule has 3 rings (SSSR count). The topological polar surface area (TPSA) is 43.9 Å². The highest BCUT2D eigenvalue weighted by atomic mass is 32.2. The third-order valence-corrected chi connectivity index (χ3v) is 9.83. The van der Waals surface area contributed by atoms with Crippen molar-refractivity contribution in [3.8, 4) is 0 Å². The van der Waals surface area contributed by atoms with Crippen LogP contribution in [0.2, 0.25) is 0 Å². The predicted octanol–water partition coefficient (Wildman–Crippen LogP) is 3.41. The molecular weight excluding hydrogens is 370 g/mol. The monoisotopic (exact) mass is 413 g/mol. The van der Waals surface area contributed by atoms with Crippen LogP contribution in [0.1, 0.15) is 73.6 Å². The zero-order valence-corrected chi connectivity index (χ0v) is 19.9. The molecule has 3 aliphatic heterocycles. The zero-order chi connectivity index (χ0) is 20.7. The lowest BCUT2D eigenvalue weighted by Gasteiger charge is -2.45. The fraction of sp³-hybridized carbons (Fsp3) is 1.00. The Bertz CT molecular complexity index is 628. The highest BCUT2D eigenvalue weighted by molar-refractivity contribution is 7.89. The van der Waals surface area contributed by atoms with E-state index < -0.39 is 10.0 Å². The largest absolute Gasteiger partial charge is 0.301 e. The number of sulfonamides is 1. The van der Waals surface area contributed by atoms with E-state index in [4.69, 9.17) is 0 Å². The molecule has 3 aliphatic rings. The van der Waals surface area contributed by atoms with Gasteiger partial charge in [-0.15, -0.1) is 0 Å². The molecule has 0 saturated carbocycles. The lowest BCUT2D eigenvalue weighted by Crippen LogP contribution is -2.51. The van der Waals surface area contributed by atoms with Crippen molar-refractivity contribution in [2.24, 2.45) is 11.3 Å². The minimum atomic E-state index is -3.18. The average Bonchev–Trinajstić information content (AvgIpc) is 2.86. The maximum absolute atomic E-state index is 13.0. The average molecular weight is 414 g/mol. The van der Waals surface area contributed by atoms with E-state index in [0.29, 0.717) is 6.04 Å². The highest BCUT2D eigenvalue weighted by Crippen LogP contribution is 2.49. The summed E-state index contributed by atoms with van der Waals surface area (Å²) in [6, 6.07) is 1.38. The first-order chi connectivity index (χ1) is 12.9. The van der Waals surface area contributed by atoms with E-state index in [-0.39, 0.29) is 22.6 Å². The van der Waals surface area contributed by atoms with Gasteiger partial charge in [0, 0.05) is 24.2 Å². The second-order valence-electron chi connectivity index (χ2n) is 11.1. The van der Waals surface area contributed by atoms with Gasteiger partial charge in [0.25, 0.3) is 0 Å². The van der Waals surface area contributed by atoms with Gasteiger partial charge < -0.3 is 9.80 Å². The Morgan fingerprint density at radius 3 is 2.04 bits per heavy atom. The van der Waals surface area contributed by atoms with Gasteiger partial charge in [0.05, 0.1) is 5.75 Å². The Kier molecular flexibility index (Phi) is 6.56. The molecule has 0 atom stereocenters. The summed E-state index contributed by atoms with van der Waals surface area (Å²) < 4.78 is 27.8. The Morgan fingerprint density at radius 1 is 0.964 bits per heavy atom. The van der Waals surface area contributed by atoms with Gasteiger partial charge in [0.15, 0.2) is 0 Å². The lowest BCUT2D eigenvalue weighted by atomic mass is 9.74. The van der Waals surface area contributed by atoms with Crippen LogP contribution in [-0.4, -0.2) is 78.6 Å². The quantitative estimate of drug-likeness (QED) is 0.693. The number of nitrogens with zero attached hydrogens (tertiary/aromatic N) is 3. The van der Waals surface area contributed by atoms with E-state index in [1.165, 1.54) is 25.9 Å². The van der Waals surface area contributed by atoms with Crippen molar-refractivity contribution in [1.29, 1.82) is 0 Å². The van der Waals surface area contributed by atoms with E-state index in [2.05, 4.69) is 37.5 Å². The van der Waals surface area contributed by atoms with Crippen LogP contribution in [0, 0.1) is 11.3 Å². The molecule has 5 nitrogen and oxygen atoms in total. The van der Waals surface area contributed by atoms with Gasteiger partial charge >= 0.3 is 0 Å². The Balaban J connectivity index is 1.60. The third-order valence-electron chi connectivity index (χ3n) is 7.45. The van der Waals surface area contributed by atoms with Crippen molar-refractivity contribution >= 4 is 10.0 Å². The van der Waals surface area contributed by atoms with Gasteiger partial charge in [-0.3, -0.25) is 0 Å². The molecule has 28 heavy (non-hydrogen) atoms. The smallest absolute Gasteiger partial charge is 0.214 e. The number of likely N-dealkylation sites (tertiary alicyclic amines) is 2. The molecule has 0 unspecified atom stereocenters. The lowest BCUT2D eigenvalue weighted by molar-refractivity contribution is 0.0414. The second kappa shape index (κ2) is 8.16. The summed E-state index contributed by atoms with van der Waals surface area (Å²) in [4.78, 5) is 5.31. The minimum Gasteiger partial charge on any atom is -0.301 e. The summed E-state index contributed by atoms with van der Waals surface area (Å²) in [7, 11) is -3.18. The SMILES string of the molecule is CC(C)CS(=O)(=O)N1CC2(CCN(C3CCN(C(C)C)CC3)CC2)CC1(C)C. The Labute approximate surface area is 173 Å². The molecule has 0 radical (unpaired) electrons. The molecule has 3 fully saturated rings. The maximum atomic E-state index is 13.0. The Morgan fingerprint density at radius 2 is 1.54 bits per heavy atom. The van der Waals surface area contributed by atoms with Crippen LogP contribution in [0.25, 0.3) is 0 Å². The fourth-order valence-electron chi connectivity index (χ4n) is 6.03. The van der Waals surface area contributed by atoms with Gasteiger partial charge in [0.2, 0.25) is 10.0 Å². The zero-order valence-electron chi connectivity index (χ0n) is 19.1. The molecule has 0 aromatic heterocycles. The maximum Gasteiger partial charge on any atom is 0.214 e. The van der Waals surface area contributed by atoms with Crippen molar-refractivity contribution in [3.63, 3.8) is 0 Å². The second-order valence-corrected chi connectivity index (χ2v) is 13.0.